The Bertz CT molecular complexity index is 980. The molecule has 0 bridgehead atoms. The molecule has 2 unspecified atom stereocenters. The number of nitrogens with zero attached hydrogens (tertiary/aromatic N) is 2. The molecule has 0 saturated carbocycles. The predicted molar refractivity (Wildman–Crippen MR) is 124 cm³/mol. The number of sulfonamides is 1. The number of piperidine rings is 1. The van der Waals surface area contributed by atoms with Crippen molar-refractivity contribution in [1.82, 2.24) is 9.71 Å². The van der Waals surface area contributed by atoms with Crippen LogP contribution in [-0.2, 0) is 14.8 Å². The Hall–Kier alpha value is -2.22. The van der Waals surface area contributed by atoms with E-state index in [9.17, 15) is 8.42 Å². The largest absolute Gasteiger partial charge is 0.377 e. The fourth-order valence-electron chi connectivity index (χ4n) is 4.52. The molecule has 0 spiro atoms. The van der Waals surface area contributed by atoms with Crippen LogP contribution < -0.4 is 9.62 Å². The maximum Gasteiger partial charge on any atom is 0.208 e. The van der Waals surface area contributed by atoms with Crippen molar-refractivity contribution >= 4 is 21.4 Å². The normalized spacial score (nSPS) is 24.6. The molecule has 1 aliphatic heterocycles. The predicted octanol–water partition coefficient (Wildman–Crippen LogP) is 3.48. The van der Waals surface area contributed by atoms with E-state index in [0.29, 0.717) is 6.61 Å². The molecule has 166 valence electrons. The Morgan fingerprint density at radius 2 is 1.94 bits per heavy atom. The zero-order chi connectivity index (χ0) is 21.7. The number of hydrogen-bond acceptors (Lipinski definition) is 5. The standard InChI is InChI=1S/C24H31N3O3S/c1-31(28,29)26-23-14-16-27(24-9-5-6-15-25-24)17-21(23)18-30-22-12-10-20(11-13-22)19-7-3-2-4-8-19/h2-10,15,21-23,26H,11-14,16-18H2,1H3/t21?,22-,23?/m0/s1. The third-order valence-electron chi connectivity index (χ3n) is 6.13. The van der Waals surface area contributed by atoms with Gasteiger partial charge in [0.2, 0.25) is 10.0 Å². The second-order valence-electron chi connectivity index (χ2n) is 8.50. The fraction of sp³-hybridized carbons (Fsp3) is 0.458. The first-order valence-electron chi connectivity index (χ1n) is 11.0. The molecule has 2 aromatic rings. The van der Waals surface area contributed by atoms with Crippen LogP contribution in [0.15, 0.2) is 60.8 Å². The monoisotopic (exact) mass is 441 g/mol. The van der Waals surface area contributed by atoms with Crippen LogP contribution in [0.25, 0.3) is 5.57 Å². The van der Waals surface area contributed by atoms with Gasteiger partial charge in [0, 0.05) is 31.2 Å². The number of benzene rings is 1. The van der Waals surface area contributed by atoms with Crippen molar-refractivity contribution < 1.29 is 13.2 Å². The highest BCUT2D eigenvalue weighted by Gasteiger charge is 2.32. The highest BCUT2D eigenvalue weighted by atomic mass is 32.2. The van der Waals surface area contributed by atoms with Crippen LogP contribution in [0.2, 0.25) is 0 Å². The van der Waals surface area contributed by atoms with Crippen LogP contribution in [0.3, 0.4) is 0 Å². The molecule has 4 rings (SSSR count). The first-order valence-corrected chi connectivity index (χ1v) is 12.9. The van der Waals surface area contributed by atoms with E-state index in [1.807, 2.05) is 24.3 Å². The highest BCUT2D eigenvalue weighted by Crippen LogP contribution is 2.29. The molecule has 31 heavy (non-hydrogen) atoms. The van der Waals surface area contributed by atoms with E-state index in [1.54, 1.807) is 6.20 Å². The van der Waals surface area contributed by atoms with Crippen molar-refractivity contribution in [2.24, 2.45) is 5.92 Å². The van der Waals surface area contributed by atoms with Gasteiger partial charge in [-0.3, -0.25) is 0 Å². The van der Waals surface area contributed by atoms with Gasteiger partial charge in [-0.05, 0) is 49.0 Å². The number of anilines is 1. The van der Waals surface area contributed by atoms with Crippen LogP contribution in [0.5, 0.6) is 0 Å². The summed E-state index contributed by atoms with van der Waals surface area (Å²) in [5, 5.41) is 0. The number of aromatic nitrogens is 1. The van der Waals surface area contributed by atoms with Crippen LogP contribution in [-0.4, -0.2) is 51.5 Å². The lowest BCUT2D eigenvalue weighted by Gasteiger charge is -2.39. The molecule has 3 atom stereocenters. The van der Waals surface area contributed by atoms with Gasteiger partial charge in [0.05, 0.1) is 19.0 Å². The first kappa shape index (κ1) is 22.0. The van der Waals surface area contributed by atoms with E-state index in [0.717, 1.165) is 44.6 Å². The van der Waals surface area contributed by atoms with E-state index < -0.39 is 10.0 Å². The Labute approximate surface area is 185 Å². The summed E-state index contributed by atoms with van der Waals surface area (Å²) in [5.41, 5.74) is 2.67. The molecule has 0 amide bonds. The molecular weight excluding hydrogens is 410 g/mol. The number of rotatable bonds is 7. The average Bonchev–Trinajstić information content (AvgIpc) is 2.79. The molecule has 0 radical (unpaired) electrons. The molecule has 1 saturated heterocycles. The fourth-order valence-corrected chi connectivity index (χ4v) is 5.38. The molecule has 1 aromatic carbocycles. The van der Waals surface area contributed by atoms with Gasteiger partial charge < -0.3 is 9.64 Å². The highest BCUT2D eigenvalue weighted by molar-refractivity contribution is 7.88. The molecule has 7 heteroatoms. The van der Waals surface area contributed by atoms with Gasteiger partial charge >= 0.3 is 0 Å². The number of allylic oxidation sites excluding steroid dienone is 1. The Morgan fingerprint density at radius 3 is 2.61 bits per heavy atom. The lowest BCUT2D eigenvalue weighted by molar-refractivity contribution is 0.0164. The molecule has 1 fully saturated rings. The van der Waals surface area contributed by atoms with E-state index in [1.165, 1.54) is 17.4 Å². The molecule has 1 aromatic heterocycles. The van der Waals surface area contributed by atoms with Crippen molar-refractivity contribution in [2.45, 2.75) is 37.8 Å². The van der Waals surface area contributed by atoms with Gasteiger partial charge in [-0.25, -0.2) is 18.1 Å². The number of pyridine rings is 1. The summed E-state index contributed by atoms with van der Waals surface area (Å²) in [6.07, 6.45) is 9.11. The molecular formula is C24H31N3O3S. The number of nitrogens with one attached hydrogen (secondary N) is 1. The zero-order valence-electron chi connectivity index (χ0n) is 18.0. The Kier molecular flexibility index (Phi) is 7.05. The van der Waals surface area contributed by atoms with Crippen LogP contribution in [0.1, 0.15) is 31.2 Å². The van der Waals surface area contributed by atoms with Gasteiger partial charge in [0.15, 0.2) is 0 Å². The van der Waals surface area contributed by atoms with Crippen molar-refractivity contribution in [2.75, 3.05) is 30.9 Å². The summed E-state index contributed by atoms with van der Waals surface area (Å²) in [6.45, 7) is 2.03. The van der Waals surface area contributed by atoms with Gasteiger partial charge in [0.25, 0.3) is 0 Å². The van der Waals surface area contributed by atoms with Crippen LogP contribution in [0.4, 0.5) is 5.82 Å². The lowest BCUT2D eigenvalue weighted by atomic mass is 9.91. The molecule has 1 aliphatic carbocycles. The van der Waals surface area contributed by atoms with E-state index in [4.69, 9.17) is 4.74 Å². The molecule has 6 nitrogen and oxygen atoms in total. The van der Waals surface area contributed by atoms with Crippen molar-refractivity contribution in [3.63, 3.8) is 0 Å². The summed E-state index contributed by atoms with van der Waals surface area (Å²) in [5.74, 6) is 1.00. The topological polar surface area (TPSA) is 71.5 Å². The summed E-state index contributed by atoms with van der Waals surface area (Å²) in [6, 6.07) is 16.3. The quantitative estimate of drug-likeness (QED) is 0.712. The Balaban J connectivity index is 1.38. The Morgan fingerprint density at radius 1 is 1.13 bits per heavy atom. The number of ether oxygens (including phenoxy) is 1. The van der Waals surface area contributed by atoms with Gasteiger partial charge in [-0.1, -0.05) is 42.5 Å². The SMILES string of the molecule is CS(=O)(=O)NC1CCN(c2ccccn2)CC1CO[C@H]1CC=C(c2ccccc2)CC1. The second-order valence-corrected chi connectivity index (χ2v) is 10.3. The van der Waals surface area contributed by atoms with Crippen LogP contribution >= 0.6 is 0 Å². The van der Waals surface area contributed by atoms with Gasteiger partial charge in [-0.15, -0.1) is 0 Å². The van der Waals surface area contributed by atoms with Gasteiger partial charge in [0.1, 0.15) is 5.82 Å². The minimum Gasteiger partial charge on any atom is -0.377 e. The first-order chi connectivity index (χ1) is 15.0. The summed E-state index contributed by atoms with van der Waals surface area (Å²) >= 11 is 0. The average molecular weight is 442 g/mol. The minimum absolute atomic E-state index is 0.0741. The lowest BCUT2D eigenvalue weighted by Crippen LogP contribution is -2.52. The molecule has 2 heterocycles. The molecule has 2 aliphatic rings. The van der Waals surface area contributed by atoms with Gasteiger partial charge in [-0.2, -0.15) is 0 Å². The maximum absolute atomic E-state index is 11.9. The van der Waals surface area contributed by atoms with Crippen LogP contribution in [0, 0.1) is 5.92 Å². The van der Waals surface area contributed by atoms with E-state index >= 15 is 0 Å². The summed E-state index contributed by atoms with van der Waals surface area (Å²) in [4.78, 5) is 6.69. The smallest absolute Gasteiger partial charge is 0.208 e. The van der Waals surface area contributed by atoms with E-state index in [2.05, 4.69) is 44.9 Å². The second kappa shape index (κ2) is 9.94. The van der Waals surface area contributed by atoms with Crippen molar-refractivity contribution in [3.05, 3.63) is 66.4 Å². The summed E-state index contributed by atoms with van der Waals surface area (Å²) in [7, 11) is -3.27. The summed E-state index contributed by atoms with van der Waals surface area (Å²) < 4.78 is 32.9. The van der Waals surface area contributed by atoms with Crippen molar-refractivity contribution in [1.29, 1.82) is 0 Å². The number of hydrogen-bond donors (Lipinski definition) is 1. The maximum atomic E-state index is 11.9. The molecule has 1 N–H and O–H groups in total. The minimum atomic E-state index is -3.27. The van der Waals surface area contributed by atoms with Crippen molar-refractivity contribution in [3.8, 4) is 0 Å². The van der Waals surface area contributed by atoms with E-state index in [-0.39, 0.29) is 18.1 Å². The third-order valence-corrected chi connectivity index (χ3v) is 6.86. The third kappa shape index (κ3) is 6.15. The zero-order valence-corrected chi connectivity index (χ0v) is 18.8.